The summed E-state index contributed by atoms with van der Waals surface area (Å²) in [5.41, 5.74) is 1.68. The number of halogens is 1. The Morgan fingerprint density at radius 1 is 1.45 bits per heavy atom. The van der Waals surface area contributed by atoms with Gasteiger partial charge in [0.2, 0.25) is 5.91 Å². The number of ether oxygens (including phenoxy) is 1. The minimum atomic E-state index is -0.271. The van der Waals surface area contributed by atoms with Crippen LogP contribution in [0.15, 0.2) is 18.2 Å². The first-order valence-corrected chi connectivity index (χ1v) is 7.89. The zero-order valence-corrected chi connectivity index (χ0v) is 13.0. The number of nitrogens with one attached hydrogen (secondary N) is 2. The molecule has 1 spiro atoms. The van der Waals surface area contributed by atoms with Crippen molar-refractivity contribution in [2.24, 2.45) is 11.3 Å². The molecule has 1 amide bonds. The van der Waals surface area contributed by atoms with Crippen LogP contribution in [0.3, 0.4) is 0 Å². The fourth-order valence-corrected chi connectivity index (χ4v) is 3.51. The summed E-state index contributed by atoms with van der Waals surface area (Å²) in [5.74, 6) is 0.0285. The van der Waals surface area contributed by atoms with E-state index in [1.165, 1.54) is 6.07 Å². The van der Waals surface area contributed by atoms with Gasteiger partial charge in [-0.25, -0.2) is 4.39 Å². The van der Waals surface area contributed by atoms with Crippen molar-refractivity contribution in [2.45, 2.75) is 32.4 Å². The van der Waals surface area contributed by atoms with E-state index in [1.54, 1.807) is 19.2 Å². The lowest BCUT2D eigenvalue weighted by atomic mass is 9.92. The summed E-state index contributed by atoms with van der Waals surface area (Å²) in [6, 6.07) is 4.90. The van der Waals surface area contributed by atoms with Crippen LogP contribution in [0, 0.1) is 17.2 Å². The molecule has 1 aliphatic carbocycles. The van der Waals surface area contributed by atoms with E-state index in [0.717, 1.165) is 37.9 Å². The van der Waals surface area contributed by atoms with Crippen molar-refractivity contribution in [2.75, 3.05) is 20.2 Å². The van der Waals surface area contributed by atoms with Gasteiger partial charge in [0.1, 0.15) is 5.82 Å². The Labute approximate surface area is 130 Å². The van der Waals surface area contributed by atoms with E-state index in [-0.39, 0.29) is 29.7 Å². The maximum absolute atomic E-state index is 13.6. The molecule has 5 heteroatoms. The number of piperidine rings is 1. The van der Waals surface area contributed by atoms with Crippen molar-refractivity contribution in [1.82, 2.24) is 10.6 Å². The van der Waals surface area contributed by atoms with Crippen LogP contribution < -0.4 is 10.6 Å². The minimum absolute atomic E-state index is 0.138. The molecule has 2 fully saturated rings. The second-order valence-electron chi connectivity index (χ2n) is 6.45. The van der Waals surface area contributed by atoms with Crippen LogP contribution in [0.5, 0.6) is 0 Å². The lowest BCUT2D eigenvalue weighted by molar-refractivity contribution is -0.123. The molecular formula is C17H23FN2O2. The smallest absolute Gasteiger partial charge is 0.223 e. The molecule has 1 aromatic carbocycles. The fraction of sp³-hybridized carbons (Fsp3) is 0.588. The molecule has 1 unspecified atom stereocenters. The number of rotatable bonds is 5. The second-order valence-corrected chi connectivity index (χ2v) is 6.45. The van der Waals surface area contributed by atoms with E-state index in [9.17, 15) is 9.18 Å². The van der Waals surface area contributed by atoms with E-state index < -0.39 is 0 Å². The van der Waals surface area contributed by atoms with Gasteiger partial charge in [-0.05, 0) is 55.5 Å². The Hall–Kier alpha value is -1.46. The summed E-state index contributed by atoms with van der Waals surface area (Å²) in [4.78, 5) is 12.3. The molecule has 3 rings (SSSR count). The van der Waals surface area contributed by atoms with E-state index in [4.69, 9.17) is 4.74 Å². The summed E-state index contributed by atoms with van der Waals surface area (Å²) in [5, 5.41) is 6.34. The molecule has 1 aromatic rings. The SMILES string of the molecule is COCc1cc(CNC(=O)C2CC23CCNCC3)ccc1F. The van der Waals surface area contributed by atoms with Crippen LogP contribution in [-0.4, -0.2) is 26.1 Å². The summed E-state index contributed by atoms with van der Waals surface area (Å²) < 4.78 is 18.5. The lowest BCUT2D eigenvalue weighted by Gasteiger charge is -2.23. The van der Waals surface area contributed by atoms with Crippen molar-refractivity contribution in [3.05, 3.63) is 35.1 Å². The highest BCUT2D eigenvalue weighted by atomic mass is 19.1. The molecule has 22 heavy (non-hydrogen) atoms. The van der Waals surface area contributed by atoms with Crippen LogP contribution in [0.1, 0.15) is 30.4 Å². The topological polar surface area (TPSA) is 50.4 Å². The molecule has 0 radical (unpaired) electrons. The van der Waals surface area contributed by atoms with Crippen LogP contribution >= 0.6 is 0 Å². The van der Waals surface area contributed by atoms with Gasteiger partial charge in [0.25, 0.3) is 0 Å². The van der Waals surface area contributed by atoms with Gasteiger partial charge >= 0.3 is 0 Å². The van der Waals surface area contributed by atoms with E-state index >= 15 is 0 Å². The Morgan fingerprint density at radius 3 is 2.95 bits per heavy atom. The van der Waals surface area contributed by atoms with Crippen molar-refractivity contribution in [3.63, 3.8) is 0 Å². The molecule has 1 saturated carbocycles. The van der Waals surface area contributed by atoms with Gasteiger partial charge in [0.15, 0.2) is 0 Å². The Morgan fingerprint density at radius 2 is 2.23 bits per heavy atom. The molecule has 0 bridgehead atoms. The molecule has 2 N–H and O–H groups in total. The first-order valence-electron chi connectivity index (χ1n) is 7.89. The third kappa shape index (κ3) is 3.15. The number of amides is 1. The predicted molar refractivity (Wildman–Crippen MR) is 81.6 cm³/mol. The number of hydrogen-bond acceptors (Lipinski definition) is 3. The largest absolute Gasteiger partial charge is 0.380 e. The Balaban J connectivity index is 1.54. The molecule has 1 atom stereocenters. The highest BCUT2D eigenvalue weighted by molar-refractivity contribution is 5.82. The van der Waals surface area contributed by atoms with E-state index in [1.807, 2.05) is 0 Å². The zero-order chi connectivity index (χ0) is 15.6. The van der Waals surface area contributed by atoms with Crippen molar-refractivity contribution in [3.8, 4) is 0 Å². The lowest BCUT2D eigenvalue weighted by Crippen LogP contribution is -2.33. The molecule has 1 saturated heterocycles. The number of carbonyl (C=O) groups excluding carboxylic acids is 1. The number of methoxy groups -OCH3 is 1. The maximum atomic E-state index is 13.6. The van der Waals surface area contributed by atoms with E-state index in [2.05, 4.69) is 10.6 Å². The molecule has 1 heterocycles. The average Bonchev–Trinajstić information content (AvgIpc) is 3.22. The van der Waals surface area contributed by atoms with Crippen LogP contribution in [0.2, 0.25) is 0 Å². The number of carbonyl (C=O) groups is 1. The third-order valence-electron chi connectivity index (χ3n) is 4.98. The monoisotopic (exact) mass is 306 g/mol. The number of benzene rings is 1. The van der Waals surface area contributed by atoms with Gasteiger partial charge in [-0.1, -0.05) is 6.07 Å². The molecule has 1 aliphatic heterocycles. The standard InChI is InChI=1S/C17H23FN2O2/c1-22-11-13-8-12(2-3-15(13)18)10-20-16(21)14-9-17(14)4-6-19-7-5-17/h2-3,8,14,19H,4-7,9-11H2,1H3,(H,20,21). The molecule has 120 valence electrons. The minimum Gasteiger partial charge on any atom is -0.380 e. The fourth-order valence-electron chi connectivity index (χ4n) is 3.51. The maximum Gasteiger partial charge on any atom is 0.223 e. The van der Waals surface area contributed by atoms with Gasteiger partial charge in [-0.2, -0.15) is 0 Å². The Bertz CT molecular complexity index is 556. The first-order chi connectivity index (χ1) is 10.6. The molecule has 2 aliphatic rings. The van der Waals surface area contributed by atoms with Gasteiger partial charge in [0.05, 0.1) is 6.61 Å². The van der Waals surface area contributed by atoms with Gasteiger partial charge < -0.3 is 15.4 Å². The third-order valence-corrected chi connectivity index (χ3v) is 4.98. The summed E-state index contributed by atoms with van der Waals surface area (Å²) >= 11 is 0. The van der Waals surface area contributed by atoms with Gasteiger partial charge in [-0.3, -0.25) is 4.79 Å². The summed E-state index contributed by atoms with van der Waals surface area (Å²) in [6.45, 7) is 2.72. The number of hydrogen-bond donors (Lipinski definition) is 2. The van der Waals surface area contributed by atoms with Crippen molar-refractivity contribution in [1.29, 1.82) is 0 Å². The van der Waals surface area contributed by atoms with Gasteiger partial charge in [-0.15, -0.1) is 0 Å². The summed E-state index contributed by atoms with van der Waals surface area (Å²) in [6.07, 6.45) is 3.21. The Kier molecular flexibility index (Phi) is 4.45. The van der Waals surface area contributed by atoms with Crippen LogP contribution in [0.4, 0.5) is 4.39 Å². The summed E-state index contributed by atoms with van der Waals surface area (Å²) in [7, 11) is 1.54. The molecular weight excluding hydrogens is 283 g/mol. The van der Waals surface area contributed by atoms with Crippen molar-refractivity contribution < 1.29 is 13.9 Å². The zero-order valence-electron chi connectivity index (χ0n) is 13.0. The predicted octanol–water partition coefficient (Wildman–Crippen LogP) is 1.98. The van der Waals surface area contributed by atoms with Crippen LogP contribution in [-0.2, 0) is 22.7 Å². The second kappa shape index (κ2) is 6.34. The van der Waals surface area contributed by atoms with Crippen LogP contribution in [0.25, 0.3) is 0 Å². The molecule has 4 nitrogen and oxygen atoms in total. The van der Waals surface area contributed by atoms with Gasteiger partial charge in [0, 0.05) is 25.1 Å². The highest BCUT2D eigenvalue weighted by Gasteiger charge is 2.57. The van der Waals surface area contributed by atoms with E-state index in [0.29, 0.717) is 12.1 Å². The normalized spacial score (nSPS) is 22.5. The quantitative estimate of drug-likeness (QED) is 0.874. The van der Waals surface area contributed by atoms with Crippen molar-refractivity contribution >= 4 is 5.91 Å². The first kappa shape index (κ1) is 15.4. The highest BCUT2D eigenvalue weighted by Crippen LogP contribution is 2.58. The molecule has 0 aromatic heterocycles. The average molecular weight is 306 g/mol.